The van der Waals surface area contributed by atoms with Crippen molar-refractivity contribution >= 4 is 0 Å². The van der Waals surface area contributed by atoms with Gasteiger partial charge in [-0.3, -0.25) is 9.97 Å². The molecule has 1 heterocycles. The van der Waals surface area contributed by atoms with Gasteiger partial charge in [-0.2, -0.15) is 0 Å². The third-order valence-electron chi connectivity index (χ3n) is 1.21. The molecule has 0 aliphatic carbocycles. The first-order valence-corrected chi connectivity index (χ1v) is 3.50. The van der Waals surface area contributed by atoms with E-state index in [-0.39, 0.29) is 6.61 Å². The molecule has 11 heavy (non-hydrogen) atoms. The molecule has 0 amide bonds. The lowest BCUT2D eigenvalue weighted by molar-refractivity contribution is 0.291. The molecule has 4 nitrogen and oxygen atoms in total. The normalized spacial score (nSPS) is 9.91. The number of hydrogen-bond acceptors (Lipinski definition) is 4. The second kappa shape index (κ2) is 4.76. The van der Waals surface area contributed by atoms with Crippen LogP contribution in [0.25, 0.3) is 0 Å². The number of aliphatic hydroxyl groups is 1. The van der Waals surface area contributed by atoms with Gasteiger partial charge in [-0.25, -0.2) is 0 Å². The van der Waals surface area contributed by atoms with E-state index in [1.54, 1.807) is 18.6 Å². The van der Waals surface area contributed by atoms with Gasteiger partial charge in [0.2, 0.25) is 0 Å². The van der Waals surface area contributed by atoms with Crippen molar-refractivity contribution in [2.24, 2.45) is 0 Å². The molecule has 0 radical (unpaired) electrons. The maximum absolute atomic E-state index is 8.45. The zero-order valence-corrected chi connectivity index (χ0v) is 6.20. The van der Waals surface area contributed by atoms with E-state index in [2.05, 4.69) is 15.3 Å². The molecule has 60 valence electrons. The maximum atomic E-state index is 8.45. The maximum Gasteiger partial charge on any atom is 0.0724 e. The van der Waals surface area contributed by atoms with Crippen LogP contribution in [0.4, 0.5) is 0 Å². The van der Waals surface area contributed by atoms with Crippen molar-refractivity contribution in [1.29, 1.82) is 0 Å². The number of nitrogens with zero attached hydrogens (tertiary/aromatic N) is 2. The zero-order valence-electron chi connectivity index (χ0n) is 6.20. The molecule has 0 saturated heterocycles. The molecule has 0 aromatic carbocycles. The van der Waals surface area contributed by atoms with E-state index in [4.69, 9.17) is 5.11 Å². The van der Waals surface area contributed by atoms with Gasteiger partial charge in [0.05, 0.1) is 12.3 Å². The van der Waals surface area contributed by atoms with Crippen LogP contribution in [-0.4, -0.2) is 28.2 Å². The summed E-state index contributed by atoms with van der Waals surface area (Å²) in [5, 5.41) is 11.4. The van der Waals surface area contributed by atoms with Crippen molar-refractivity contribution in [1.82, 2.24) is 15.3 Å². The van der Waals surface area contributed by atoms with Crippen LogP contribution in [0.5, 0.6) is 0 Å². The third kappa shape index (κ3) is 3.06. The van der Waals surface area contributed by atoms with Gasteiger partial charge in [-0.05, 0) is 0 Å². The second-order valence-electron chi connectivity index (χ2n) is 2.10. The Morgan fingerprint density at radius 3 is 3.00 bits per heavy atom. The molecule has 0 atom stereocenters. The van der Waals surface area contributed by atoms with E-state index >= 15 is 0 Å². The van der Waals surface area contributed by atoms with E-state index in [1.165, 1.54) is 0 Å². The van der Waals surface area contributed by atoms with Crippen molar-refractivity contribution < 1.29 is 5.11 Å². The molecular weight excluding hydrogens is 142 g/mol. The first kappa shape index (κ1) is 8.10. The fourth-order valence-corrected chi connectivity index (χ4v) is 0.717. The molecule has 2 N–H and O–H groups in total. The molecule has 0 spiro atoms. The number of rotatable bonds is 4. The Morgan fingerprint density at radius 2 is 2.36 bits per heavy atom. The molecule has 0 saturated carbocycles. The summed E-state index contributed by atoms with van der Waals surface area (Å²) >= 11 is 0. The molecule has 0 unspecified atom stereocenters. The summed E-state index contributed by atoms with van der Waals surface area (Å²) in [6.45, 7) is 1.41. The van der Waals surface area contributed by atoms with Gasteiger partial charge < -0.3 is 10.4 Å². The fraction of sp³-hybridized carbons (Fsp3) is 0.429. The standard InChI is InChI=1S/C7H11N3O/c11-4-3-9-6-7-5-8-1-2-10-7/h1-2,5,9,11H,3-4,6H2. The number of aliphatic hydroxyl groups excluding tert-OH is 1. The van der Waals surface area contributed by atoms with Crippen LogP contribution in [0.1, 0.15) is 5.69 Å². The predicted molar refractivity (Wildman–Crippen MR) is 40.8 cm³/mol. The van der Waals surface area contributed by atoms with Crippen LogP contribution >= 0.6 is 0 Å². The number of nitrogens with one attached hydrogen (secondary N) is 1. The SMILES string of the molecule is OCCNCc1cnccn1. The van der Waals surface area contributed by atoms with Crippen molar-refractivity contribution in [2.75, 3.05) is 13.2 Å². The fourth-order valence-electron chi connectivity index (χ4n) is 0.717. The monoisotopic (exact) mass is 153 g/mol. The highest BCUT2D eigenvalue weighted by Gasteiger charge is 1.90. The highest BCUT2D eigenvalue weighted by atomic mass is 16.3. The molecular formula is C7H11N3O. The van der Waals surface area contributed by atoms with Crippen molar-refractivity contribution in [2.45, 2.75) is 6.54 Å². The lowest BCUT2D eigenvalue weighted by Crippen LogP contribution is -2.18. The van der Waals surface area contributed by atoms with Gasteiger partial charge >= 0.3 is 0 Å². The van der Waals surface area contributed by atoms with E-state index in [9.17, 15) is 0 Å². The molecule has 0 aliphatic heterocycles. The van der Waals surface area contributed by atoms with Crippen LogP contribution in [0.15, 0.2) is 18.6 Å². The Hall–Kier alpha value is -1.00. The lowest BCUT2D eigenvalue weighted by Gasteiger charge is -1.99. The van der Waals surface area contributed by atoms with E-state index in [0.717, 1.165) is 5.69 Å². The summed E-state index contributed by atoms with van der Waals surface area (Å²) in [7, 11) is 0. The molecule has 4 heteroatoms. The van der Waals surface area contributed by atoms with Gasteiger partial charge in [0.15, 0.2) is 0 Å². The first-order valence-electron chi connectivity index (χ1n) is 3.50. The minimum atomic E-state index is 0.153. The Kier molecular flexibility index (Phi) is 3.51. The first-order chi connectivity index (χ1) is 5.43. The van der Waals surface area contributed by atoms with E-state index in [1.807, 2.05) is 0 Å². The van der Waals surface area contributed by atoms with Crippen molar-refractivity contribution in [3.05, 3.63) is 24.3 Å². The zero-order chi connectivity index (χ0) is 7.94. The summed E-state index contributed by atoms with van der Waals surface area (Å²) in [6, 6.07) is 0. The molecule has 1 rings (SSSR count). The van der Waals surface area contributed by atoms with Crippen molar-refractivity contribution in [3.8, 4) is 0 Å². The van der Waals surface area contributed by atoms with Crippen LogP contribution in [0, 0.1) is 0 Å². The largest absolute Gasteiger partial charge is 0.395 e. The Bertz CT molecular complexity index is 190. The Morgan fingerprint density at radius 1 is 1.45 bits per heavy atom. The van der Waals surface area contributed by atoms with Crippen LogP contribution in [0.3, 0.4) is 0 Å². The Labute approximate surface area is 65.3 Å². The molecule has 0 fully saturated rings. The highest BCUT2D eigenvalue weighted by Crippen LogP contribution is 1.87. The summed E-state index contributed by atoms with van der Waals surface area (Å²) in [5.41, 5.74) is 0.890. The van der Waals surface area contributed by atoms with Gasteiger partial charge in [-0.1, -0.05) is 0 Å². The molecule has 1 aromatic heterocycles. The minimum Gasteiger partial charge on any atom is -0.395 e. The van der Waals surface area contributed by atoms with Gasteiger partial charge in [0, 0.05) is 31.7 Å². The smallest absolute Gasteiger partial charge is 0.0724 e. The van der Waals surface area contributed by atoms with E-state index < -0.39 is 0 Å². The third-order valence-corrected chi connectivity index (χ3v) is 1.21. The van der Waals surface area contributed by atoms with Crippen LogP contribution in [-0.2, 0) is 6.54 Å². The van der Waals surface area contributed by atoms with Gasteiger partial charge in [-0.15, -0.1) is 0 Å². The topological polar surface area (TPSA) is 58.0 Å². The average molecular weight is 153 g/mol. The van der Waals surface area contributed by atoms with Crippen LogP contribution in [0.2, 0.25) is 0 Å². The predicted octanol–water partition coefficient (Wildman–Crippen LogP) is -0.442. The molecule has 0 bridgehead atoms. The number of hydrogen-bond donors (Lipinski definition) is 2. The summed E-state index contributed by atoms with van der Waals surface area (Å²) < 4.78 is 0. The quantitative estimate of drug-likeness (QED) is 0.576. The van der Waals surface area contributed by atoms with Crippen molar-refractivity contribution in [3.63, 3.8) is 0 Å². The second-order valence-corrected chi connectivity index (χ2v) is 2.10. The van der Waals surface area contributed by atoms with E-state index in [0.29, 0.717) is 13.1 Å². The van der Waals surface area contributed by atoms with Crippen LogP contribution < -0.4 is 5.32 Å². The molecule has 0 aliphatic rings. The summed E-state index contributed by atoms with van der Waals surface area (Å²) in [6.07, 6.45) is 4.98. The average Bonchev–Trinajstić information content (AvgIpc) is 2.07. The highest BCUT2D eigenvalue weighted by molar-refractivity contribution is 4.93. The van der Waals surface area contributed by atoms with Gasteiger partial charge in [0.1, 0.15) is 0 Å². The summed E-state index contributed by atoms with van der Waals surface area (Å²) in [4.78, 5) is 7.94. The summed E-state index contributed by atoms with van der Waals surface area (Å²) in [5.74, 6) is 0. The lowest BCUT2D eigenvalue weighted by atomic mass is 10.4. The minimum absolute atomic E-state index is 0.153. The Balaban J connectivity index is 2.28. The number of aromatic nitrogens is 2. The van der Waals surface area contributed by atoms with Gasteiger partial charge in [0.25, 0.3) is 0 Å². The molecule has 1 aromatic rings.